The van der Waals surface area contributed by atoms with E-state index in [0.29, 0.717) is 0 Å². The van der Waals surface area contributed by atoms with Gasteiger partial charge >= 0.3 is 5.82 Å². The fourth-order valence-corrected chi connectivity index (χ4v) is 1.61. The van der Waals surface area contributed by atoms with E-state index < -0.39 is 0 Å². The number of nitrogens with zero attached hydrogens (tertiary/aromatic N) is 4. The fourth-order valence-electron chi connectivity index (χ4n) is 1.61. The molecule has 4 nitrogen and oxygen atoms in total. The Morgan fingerprint density at radius 3 is 2.60 bits per heavy atom. The predicted octanol–water partition coefficient (Wildman–Crippen LogP) is 0.923. The van der Waals surface area contributed by atoms with Gasteiger partial charge in [0.05, 0.1) is 18.3 Å². The van der Waals surface area contributed by atoms with Crippen molar-refractivity contribution in [2.24, 2.45) is 14.1 Å². The summed E-state index contributed by atoms with van der Waals surface area (Å²) in [6.45, 7) is 3.99. The lowest BCUT2D eigenvalue weighted by Gasteiger charge is -1.98. The maximum absolute atomic E-state index is 4.53. The van der Waals surface area contributed by atoms with Crippen LogP contribution in [0.3, 0.4) is 0 Å². The van der Waals surface area contributed by atoms with Gasteiger partial charge in [-0.2, -0.15) is 9.36 Å². The van der Waals surface area contributed by atoms with Gasteiger partial charge in [-0.25, -0.2) is 0 Å². The largest absolute Gasteiger partial charge is 0.352 e. The average Bonchev–Trinajstić information content (AvgIpc) is 2.47. The highest BCUT2D eigenvalue weighted by Gasteiger charge is 2.21. The van der Waals surface area contributed by atoms with Crippen LogP contribution in [0.4, 0.5) is 0 Å². The Balaban J connectivity index is 2.65. The Kier molecular flexibility index (Phi) is 2.26. The molecule has 0 saturated carbocycles. The second-order valence-electron chi connectivity index (χ2n) is 3.67. The predicted molar refractivity (Wildman–Crippen MR) is 57.1 cm³/mol. The van der Waals surface area contributed by atoms with Crippen molar-refractivity contribution >= 4 is 0 Å². The van der Waals surface area contributed by atoms with Crippen molar-refractivity contribution in [1.29, 1.82) is 0 Å². The first-order chi connectivity index (χ1) is 7.11. The first-order valence-electron chi connectivity index (χ1n) is 4.93. The van der Waals surface area contributed by atoms with Crippen molar-refractivity contribution in [2.45, 2.75) is 13.8 Å². The number of hydrogen-bond acceptors (Lipinski definition) is 2. The highest BCUT2D eigenvalue weighted by atomic mass is 15.4. The number of aromatic nitrogens is 4. The second kappa shape index (κ2) is 3.46. The summed E-state index contributed by atoms with van der Waals surface area (Å²) in [7, 11) is 4.00. The van der Waals surface area contributed by atoms with Crippen LogP contribution in [0.1, 0.15) is 11.5 Å². The van der Waals surface area contributed by atoms with E-state index in [0.717, 1.165) is 22.9 Å². The van der Waals surface area contributed by atoms with Crippen molar-refractivity contribution in [3.63, 3.8) is 0 Å². The van der Waals surface area contributed by atoms with Crippen LogP contribution in [-0.2, 0) is 14.1 Å². The summed E-state index contributed by atoms with van der Waals surface area (Å²) >= 11 is 0. The SMILES string of the molecule is Cc1ncccc1-c1nc(C)n(C)[n+]1C. The molecular formula is C11H15N4+. The van der Waals surface area contributed by atoms with E-state index >= 15 is 0 Å². The zero-order chi connectivity index (χ0) is 11.0. The van der Waals surface area contributed by atoms with E-state index in [1.54, 1.807) is 6.20 Å². The molecule has 2 aromatic rings. The van der Waals surface area contributed by atoms with Crippen molar-refractivity contribution in [3.8, 4) is 11.4 Å². The van der Waals surface area contributed by atoms with E-state index in [9.17, 15) is 0 Å². The Morgan fingerprint density at radius 1 is 1.33 bits per heavy atom. The van der Waals surface area contributed by atoms with Crippen molar-refractivity contribution < 1.29 is 4.68 Å². The first kappa shape index (κ1) is 9.83. The van der Waals surface area contributed by atoms with Crippen molar-refractivity contribution in [3.05, 3.63) is 29.8 Å². The Bertz CT molecular complexity index is 499. The molecule has 0 atom stereocenters. The van der Waals surface area contributed by atoms with Crippen LogP contribution in [0.2, 0.25) is 0 Å². The molecule has 0 aliphatic rings. The highest BCUT2D eigenvalue weighted by Crippen LogP contribution is 2.15. The van der Waals surface area contributed by atoms with Gasteiger partial charge in [-0.05, 0) is 24.0 Å². The number of rotatable bonds is 1. The number of aryl methyl sites for hydroxylation is 2. The van der Waals surface area contributed by atoms with Gasteiger partial charge < -0.3 is 0 Å². The first-order valence-corrected chi connectivity index (χ1v) is 4.93. The average molecular weight is 203 g/mol. The molecule has 2 heterocycles. The van der Waals surface area contributed by atoms with Gasteiger partial charge in [0.15, 0.2) is 0 Å². The lowest BCUT2D eigenvalue weighted by molar-refractivity contribution is -0.742. The van der Waals surface area contributed by atoms with Gasteiger partial charge in [0.25, 0.3) is 5.82 Å². The van der Waals surface area contributed by atoms with Gasteiger partial charge in [-0.15, -0.1) is 0 Å². The Labute approximate surface area is 89.2 Å². The summed E-state index contributed by atoms with van der Waals surface area (Å²) in [5, 5.41) is 0. The van der Waals surface area contributed by atoms with Crippen LogP contribution in [0.25, 0.3) is 11.4 Å². The molecule has 0 radical (unpaired) electrons. The molecule has 0 N–H and O–H groups in total. The third-order valence-electron chi connectivity index (χ3n) is 2.74. The topological polar surface area (TPSA) is 34.6 Å². The summed E-state index contributed by atoms with van der Waals surface area (Å²) < 4.78 is 4.04. The minimum Gasteiger partial charge on any atom is -0.261 e. The molecule has 2 aromatic heterocycles. The van der Waals surface area contributed by atoms with E-state index in [4.69, 9.17) is 0 Å². The van der Waals surface area contributed by atoms with Crippen LogP contribution in [-0.4, -0.2) is 14.6 Å². The molecule has 0 amide bonds. The molecule has 0 fully saturated rings. The second-order valence-corrected chi connectivity index (χ2v) is 3.67. The van der Waals surface area contributed by atoms with Gasteiger partial charge in [-0.3, -0.25) is 4.98 Å². The summed E-state index contributed by atoms with van der Waals surface area (Å²) in [5.74, 6) is 1.95. The standard InChI is InChI=1S/C11H15N4/c1-8-10(6-5-7-12-8)11-13-9(2)14(3)15(11)4/h5-7H,1-4H3/q+1. The molecule has 0 spiro atoms. The normalized spacial score (nSPS) is 10.7. The Morgan fingerprint density at radius 2 is 2.07 bits per heavy atom. The van der Waals surface area contributed by atoms with Crippen molar-refractivity contribution in [2.75, 3.05) is 0 Å². The van der Waals surface area contributed by atoms with Crippen LogP contribution in [0.5, 0.6) is 0 Å². The maximum atomic E-state index is 4.53. The van der Waals surface area contributed by atoms with Crippen LogP contribution in [0, 0.1) is 13.8 Å². The molecule has 0 unspecified atom stereocenters. The number of hydrogen-bond donors (Lipinski definition) is 0. The zero-order valence-corrected chi connectivity index (χ0v) is 9.52. The molecule has 0 saturated heterocycles. The monoisotopic (exact) mass is 203 g/mol. The quantitative estimate of drug-likeness (QED) is 0.646. The summed E-state index contributed by atoms with van der Waals surface area (Å²) in [4.78, 5) is 8.80. The smallest absolute Gasteiger partial charge is 0.261 e. The molecule has 0 bridgehead atoms. The van der Waals surface area contributed by atoms with E-state index in [1.165, 1.54) is 0 Å². The molecule has 0 aliphatic heterocycles. The van der Waals surface area contributed by atoms with Crippen LogP contribution >= 0.6 is 0 Å². The molecule has 0 aliphatic carbocycles. The maximum Gasteiger partial charge on any atom is 0.352 e. The molecule has 15 heavy (non-hydrogen) atoms. The molecule has 0 aromatic carbocycles. The van der Waals surface area contributed by atoms with Crippen LogP contribution in [0.15, 0.2) is 18.3 Å². The third kappa shape index (κ3) is 1.52. The van der Waals surface area contributed by atoms with E-state index in [2.05, 4.69) is 9.97 Å². The molecule has 78 valence electrons. The fraction of sp³-hybridized carbons (Fsp3) is 0.364. The van der Waals surface area contributed by atoms with Crippen molar-refractivity contribution in [1.82, 2.24) is 14.6 Å². The lowest BCUT2D eigenvalue weighted by Crippen LogP contribution is -2.39. The third-order valence-corrected chi connectivity index (χ3v) is 2.74. The van der Waals surface area contributed by atoms with E-state index in [1.807, 2.05) is 49.4 Å². The molecule has 2 rings (SSSR count). The van der Waals surface area contributed by atoms with Gasteiger partial charge in [0.2, 0.25) is 0 Å². The molecular weight excluding hydrogens is 188 g/mol. The highest BCUT2D eigenvalue weighted by molar-refractivity contribution is 5.54. The van der Waals surface area contributed by atoms with Gasteiger partial charge in [0, 0.05) is 13.1 Å². The summed E-state index contributed by atoms with van der Waals surface area (Å²) in [5.41, 5.74) is 2.09. The minimum atomic E-state index is 0.959. The number of pyridine rings is 1. The van der Waals surface area contributed by atoms with Gasteiger partial charge in [0.1, 0.15) is 7.05 Å². The Hall–Kier alpha value is -1.71. The zero-order valence-electron chi connectivity index (χ0n) is 9.52. The molecule has 4 heteroatoms. The summed E-state index contributed by atoms with van der Waals surface area (Å²) in [6.07, 6.45) is 1.80. The lowest BCUT2D eigenvalue weighted by atomic mass is 10.2. The summed E-state index contributed by atoms with van der Waals surface area (Å²) in [6, 6.07) is 3.98. The minimum absolute atomic E-state index is 0.959. The van der Waals surface area contributed by atoms with Crippen LogP contribution < -0.4 is 4.68 Å². The van der Waals surface area contributed by atoms with E-state index in [-0.39, 0.29) is 0 Å². The van der Waals surface area contributed by atoms with Gasteiger partial charge in [-0.1, -0.05) is 0 Å².